The molecule has 156 valence electrons. The topological polar surface area (TPSA) is 154 Å². The minimum Gasteiger partial charge on any atom is -0.366 e. The van der Waals surface area contributed by atoms with Crippen LogP contribution < -0.4 is 11.1 Å². The van der Waals surface area contributed by atoms with Crippen molar-refractivity contribution in [1.29, 1.82) is 0 Å². The van der Waals surface area contributed by atoms with Crippen LogP contribution in [0.25, 0.3) is 0 Å². The number of hydrogen-bond donors (Lipinski definition) is 2. The summed E-state index contributed by atoms with van der Waals surface area (Å²) in [7, 11) is 0. The number of benzene rings is 1. The molecule has 0 aliphatic heterocycles. The second-order valence-corrected chi connectivity index (χ2v) is 8.96. The zero-order valence-electron chi connectivity index (χ0n) is 16.8. The number of thioether (sulfide) groups is 1. The van der Waals surface area contributed by atoms with Crippen molar-refractivity contribution in [3.8, 4) is 0 Å². The lowest BCUT2D eigenvalue weighted by molar-refractivity contribution is -0.387. The summed E-state index contributed by atoms with van der Waals surface area (Å²) in [6.45, 7) is 9.27. The molecule has 0 atom stereocenters. The number of rotatable bonds is 7. The largest absolute Gasteiger partial charge is 0.366 e. The number of nitrogens with zero attached hydrogens (tertiary/aromatic N) is 3. The van der Waals surface area contributed by atoms with E-state index < -0.39 is 16.4 Å². The van der Waals surface area contributed by atoms with E-state index in [4.69, 9.17) is 10.3 Å². The van der Waals surface area contributed by atoms with Gasteiger partial charge in [-0.15, -0.1) is 11.8 Å². The van der Waals surface area contributed by atoms with Gasteiger partial charge in [0.05, 0.1) is 21.1 Å². The lowest BCUT2D eigenvalue weighted by atomic mass is 9.97. The maximum atomic E-state index is 12.4. The van der Waals surface area contributed by atoms with Crippen molar-refractivity contribution in [1.82, 2.24) is 15.5 Å². The number of nitrogens with two attached hydrogens (primary N) is 1. The summed E-state index contributed by atoms with van der Waals surface area (Å²) in [4.78, 5) is 38.9. The van der Waals surface area contributed by atoms with Crippen LogP contribution in [0.4, 0.5) is 5.69 Å². The molecule has 0 fully saturated rings. The number of hydrogen-bond acceptors (Lipinski definition) is 8. The van der Waals surface area contributed by atoms with E-state index in [1.54, 1.807) is 13.8 Å². The number of amides is 2. The third kappa shape index (κ3) is 5.53. The van der Waals surface area contributed by atoms with Gasteiger partial charge >= 0.3 is 0 Å². The third-order valence-electron chi connectivity index (χ3n) is 3.88. The molecule has 1 aromatic carbocycles. The summed E-state index contributed by atoms with van der Waals surface area (Å²) >= 11 is 0.979. The van der Waals surface area contributed by atoms with Crippen molar-refractivity contribution in [2.45, 2.75) is 50.5 Å². The molecule has 0 saturated heterocycles. The Hall–Kier alpha value is -2.95. The number of nitro benzene ring substituents is 1. The first-order valence-electron chi connectivity index (χ1n) is 8.68. The highest BCUT2D eigenvalue weighted by Crippen LogP contribution is 2.30. The first-order valence-corrected chi connectivity index (χ1v) is 9.66. The van der Waals surface area contributed by atoms with Crippen LogP contribution in [0.5, 0.6) is 0 Å². The van der Waals surface area contributed by atoms with E-state index >= 15 is 0 Å². The van der Waals surface area contributed by atoms with Gasteiger partial charge in [0.2, 0.25) is 17.7 Å². The molecule has 11 heteroatoms. The SMILES string of the molecule is CC(C)(C)c1nc(C(C)(C)NC(=O)CSc2ccc(C(N)=O)cc2[N+](=O)[O-])no1. The van der Waals surface area contributed by atoms with Crippen LogP contribution in [0.1, 0.15) is 56.7 Å². The molecule has 2 amide bonds. The van der Waals surface area contributed by atoms with E-state index in [9.17, 15) is 19.7 Å². The normalized spacial score (nSPS) is 11.9. The van der Waals surface area contributed by atoms with E-state index in [0.29, 0.717) is 11.7 Å². The fourth-order valence-corrected chi connectivity index (χ4v) is 3.11. The summed E-state index contributed by atoms with van der Waals surface area (Å²) in [6, 6.07) is 3.88. The van der Waals surface area contributed by atoms with Crippen LogP contribution in [0.2, 0.25) is 0 Å². The number of carbonyl (C=O) groups excluding carboxylic acids is 2. The molecule has 0 radical (unpaired) electrons. The number of carbonyl (C=O) groups is 2. The van der Waals surface area contributed by atoms with Crippen molar-refractivity contribution in [2.75, 3.05) is 5.75 Å². The van der Waals surface area contributed by atoms with Gasteiger partial charge in [0.15, 0.2) is 5.82 Å². The molecular weight excluding hydrogens is 398 g/mol. The zero-order valence-corrected chi connectivity index (χ0v) is 17.6. The fourth-order valence-electron chi connectivity index (χ4n) is 2.30. The Bertz CT molecular complexity index is 948. The van der Waals surface area contributed by atoms with Gasteiger partial charge in [0, 0.05) is 17.0 Å². The van der Waals surface area contributed by atoms with Crippen LogP contribution in [0.15, 0.2) is 27.6 Å². The predicted molar refractivity (Wildman–Crippen MR) is 107 cm³/mol. The van der Waals surface area contributed by atoms with Gasteiger partial charge in [-0.25, -0.2) is 0 Å². The number of aromatic nitrogens is 2. The fraction of sp³-hybridized carbons (Fsp3) is 0.444. The molecule has 0 aliphatic carbocycles. The monoisotopic (exact) mass is 421 g/mol. The third-order valence-corrected chi connectivity index (χ3v) is 4.94. The number of primary amides is 1. The maximum absolute atomic E-state index is 12.4. The molecule has 3 N–H and O–H groups in total. The zero-order chi connectivity index (χ0) is 22.0. The quantitative estimate of drug-likeness (QED) is 0.392. The minimum atomic E-state index is -0.896. The first kappa shape index (κ1) is 22.3. The summed E-state index contributed by atoms with van der Waals surface area (Å²) in [6.07, 6.45) is 0. The Morgan fingerprint density at radius 3 is 2.45 bits per heavy atom. The highest BCUT2D eigenvalue weighted by molar-refractivity contribution is 8.00. The van der Waals surface area contributed by atoms with Crippen molar-refractivity contribution in [2.24, 2.45) is 5.73 Å². The standard InChI is InChI=1S/C18H23N5O5S/c1-17(2,3)16-20-15(22-28-16)18(4,5)21-13(24)9-29-12-7-6-10(14(19)25)8-11(12)23(26)27/h6-8H,9H2,1-5H3,(H2,19,25)(H,21,24). The number of nitrogens with one attached hydrogen (secondary N) is 1. The summed E-state index contributed by atoms with van der Waals surface area (Å²) in [5, 5.41) is 18.0. The van der Waals surface area contributed by atoms with Crippen LogP contribution in [0, 0.1) is 10.1 Å². The van der Waals surface area contributed by atoms with Gasteiger partial charge in [-0.1, -0.05) is 25.9 Å². The molecule has 0 bridgehead atoms. The Morgan fingerprint density at radius 2 is 1.93 bits per heavy atom. The highest BCUT2D eigenvalue weighted by atomic mass is 32.2. The Kier molecular flexibility index (Phi) is 6.31. The van der Waals surface area contributed by atoms with Crippen molar-refractivity contribution in [3.05, 3.63) is 45.6 Å². The molecule has 1 aromatic heterocycles. The van der Waals surface area contributed by atoms with Crippen LogP contribution >= 0.6 is 11.8 Å². The molecule has 0 spiro atoms. The molecule has 1 heterocycles. The van der Waals surface area contributed by atoms with Crippen LogP contribution in [0.3, 0.4) is 0 Å². The summed E-state index contributed by atoms with van der Waals surface area (Å²) in [5.74, 6) is -0.425. The average molecular weight is 421 g/mol. The molecule has 2 rings (SSSR count). The molecule has 10 nitrogen and oxygen atoms in total. The summed E-state index contributed by atoms with van der Waals surface area (Å²) < 4.78 is 5.27. The Labute approximate surface area is 171 Å². The number of nitro groups is 1. The molecule has 0 saturated carbocycles. The molecular formula is C18H23N5O5S. The molecule has 29 heavy (non-hydrogen) atoms. The van der Waals surface area contributed by atoms with E-state index in [0.717, 1.165) is 17.8 Å². The van der Waals surface area contributed by atoms with Gasteiger partial charge in [0.25, 0.3) is 5.69 Å². The van der Waals surface area contributed by atoms with Gasteiger partial charge in [-0.2, -0.15) is 4.98 Å². The van der Waals surface area contributed by atoms with Crippen LogP contribution in [-0.4, -0.2) is 32.6 Å². The van der Waals surface area contributed by atoms with Gasteiger partial charge in [0.1, 0.15) is 0 Å². The van der Waals surface area contributed by atoms with E-state index in [2.05, 4.69) is 15.5 Å². The summed E-state index contributed by atoms with van der Waals surface area (Å²) in [5.41, 5.74) is 3.68. The average Bonchev–Trinajstić information content (AvgIpc) is 3.10. The van der Waals surface area contributed by atoms with Crippen LogP contribution in [-0.2, 0) is 15.7 Å². The van der Waals surface area contributed by atoms with E-state index in [1.807, 2.05) is 20.8 Å². The van der Waals surface area contributed by atoms with E-state index in [1.165, 1.54) is 12.1 Å². The predicted octanol–water partition coefficient (Wildman–Crippen LogP) is 2.52. The highest BCUT2D eigenvalue weighted by Gasteiger charge is 2.31. The lowest BCUT2D eigenvalue weighted by Crippen LogP contribution is -2.42. The van der Waals surface area contributed by atoms with Gasteiger partial charge < -0.3 is 15.6 Å². The Morgan fingerprint density at radius 1 is 1.28 bits per heavy atom. The van der Waals surface area contributed by atoms with Crippen molar-refractivity contribution < 1.29 is 19.0 Å². The van der Waals surface area contributed by atoms with Gasteiger partial charge in [-0.05, 0) is 26.0 Å². The second kappa shape index (κ2) is 8.19. The van der Waals surface area contributed by atoms with Crippen molar-refractivity contribution >= 4 is 29.3 Å². The van der Waals surface area contributed by atoms with E-state index in [-0.39, 0.29) is 33.2 Å². The van der Waals surface area contributed by atoms with Gasteiger partial charge in [-0.3, -0.25) is 19.7 Å². The second-order valence-electron chi connectivity index (χ2n) is 7.94. The molecule has 0 unspecified atom stereocenters. The maximum Gasteiger partial charge on any atom is 0.283 e. The first-order chi connectivity index (χ1) is 13.3. The smallest absolute Gasteiger partial charge is 0.283 e. The van der Waals surface area contributed by atoms with Crippen molar-refractivity contribution in [3.63, 3.8) is 0 Å². The molecule has 0 aliphatic rings. The minimum absolute atomic E-state index is 0.0263. The molecule has 2 aromatic rings. The Balaban J connectivity index is 2.08. The lowest BCUT2D eigenvalue weighted by Gasteiger charge is -2.22.